The van der Waals surface area contributed by atoms with E-state index < -0.39 is 0 Å². The molecule has 0 aromatic heterocycles. The van der Waals surface area contributed by atoms with Gasteiger partial charge in [-0.05, 0) is 50.5 Å². The van der Waals surface area contributed by atoms with Gasteiger partial charge in [0.2, 0.25) is 0 Å². The number of rotatable bonds is 7. The lowest BCUT2D eigenvalue weighted by molar-refractivity contribution is 0.269. The van der Waals surface area contributed by atoms with Gasteiger partial charge < -0.3 is 5.32 Å². The van der Waals surface area contributed by atoms with Gasteiger partial charge in [0.25, 0.3) is 0 Å². The highest BCUT2D eigenvalue weighted by molar-refractivity contribution is 5.23. The average Bonchev–Trinajstić information content (AvgIpc) is 3.19. The minimum Gasteiger partial charge on any atom is -0.319 e. The molecule has 0 spiro atoms. The Kier molecular flexibility index (Phi) is 4.57. The quantitative estimate of drug-likeness (QED) is 0.777. The van der Waals surface area contributed by atoms with Gasteiger partial charge in [0.1, 0.15) is 0 Å². The predicted octanol–water partition coefficient (Wildman–Crippen LogP) is 2.43. The number of nitrogens with zero attached hydrogens (tertiary/aromatic N) is 1. The Hall–Kier alpha value is -0.860. The second kappa shape index (κ2) is 6.18. The lowest BCUT2D eigenvalue weighted by Gasteiger charge is -2.19. The third kappa shape index (κ3) is 3.83. The maximum absolute atomic E-state index is 3.19. The van der Waals surface area contributed by atoms with Gasteiger partial charge in [-0.2, -0.15) is 0 Å². The number of nitrogens with one attached hydrogen (secondary N) is 1. The van der Waals surface area contributed by atoms with E-state index in [1.54, 1.807) is 0 Å². The fraction of sp³-hybridized carbons (Fsp3) is 0.600. The first kappa shape index (κ1) is 12.6. The Morgan fingerprint density at radius 3 is 2.35 bits per heavy atom. The second-order valence-electron chi connectivity index (χ2n) is 4.96. The highest BCUT2D eigenvalue weighted by atomic mass is 15.2. The zero-order valence-electron chi connectivity index (χ0n) is 11.1. The normalized spacial score (nSPS) is 15.5. The Labute approximate surface area is 105 Å². The molecule has 0 aliphatic heterocycles. The molecule has 2 rings (SSSR count). The van der Waals surface area contributed by atoms with Gasteiger partial charge in [0.05, 0.1) is 0 Å². The topological polar surface area (TPSA) is 15.3 Å². The van der Waals surface area contributed by atoms with Crippen molar-refractivity contribution in [2.24, 2.45) is 0 Å². The van der Waals surface area contributed by atoms with Crippen LogP contribution >= 0.6 is 0 Å². The van der Waals surface area contributed by atoms with E-state index in [4.69, 9.17) is 0 Å². The minimum atomic E-state index is 0.865. The Balaban J connectivity index is 1.88. The van der Waals surface area contributed by atoms with E-state index in [-0.39, 0.29) is 0 Å². The highest BCUT2D eigenvalue weighted by Crippen LogP contribution is 2.27. The molecule has 2 nitrogen and oxygen atoms in total. The molecule has 0 amide bonds. The van der Waals surface area contributed by atoms with E-state index in [9.17, 15) is 0 Å². The van der Waals surface area contributed by atoms with Crippen molar-refractivity contribution < 1.29 is 0 Å². The first-order valence-electron chi connectivity index (χ1n) is 6.80. The highest BCUT2D eigenvalue weighted by Gasteiger charge is 2.27. The summed E-state index contributed by atoms with van der Waals surface area (Å²) in [7, 11) is 2.00. The lowest BCUT2D eigenvalue weighted by atomic mass is 10.1. The summed E-state index contributed by atoms with van der Waals surface area (Å²) in [4.78, 5) is 2.59. The molecule has 0 bridgehead atoms. The molecule has 0 unspecified atom stereocenters. The standard InChI is InChI=1S/C15H24N2/c1-3-17(15-8-9-15)12-14-6-4-13(5-7-14)10-11-16-2/h4-7,15-16H,3,8-12H2,1-2H3. The number of hydrogen-bond donors (Lipinski definition) is 1. The molecule has 17 heavy (non-hydrogen) atoms. The van der Waals surface area contributed by atoms with Crippen LogP contribution in [0.5, 0.6) is 0 Å². The van der Waals surface area contributed by atoms with Gasteiger partial charge in [-0.1, -0.05) is 31.2 Å². The maximum atomic E-state index is 3.19. The summed E-state index contributed by atoms with van der Waals surface area (Å²) >= 11 is 0. The summed E-state index contributed by atoms with van der Waals surface area (Å²) < 4.78 is 0. The molecule has 1 aromatic carbocycles. The van der Waals surface area contributed by atoms with Crippen molar-refractivity contribution >= 4 is 0 Å². The van der Waals surface area contributed by atoms with Crippen LogP contribution in [0.2, 0.25) is 0 Å². The number of benzene rings is 1. The van der Waals surface area contributed by atoms with Crippen LogP contribution in [-0.2, 0) is 13.0 Å². The van der Waals surface area contributed by atoms with Crippen molar-refractivity contribution in [3.8, 4) is 0 Å². The zero-order chi connectivity index (χ0) is 12.1. The monoisotopic (exact) mass is 232 g/mol. The fourth-order valence-electron chi connectivity index (χ4n) is 2.25. The Bertz CT molecular complexity index is 327. The average molecular weight is 232 g/mol. The largest absolute Gasteiger partial charge is 0.319 e. The molecule has 1 N–H and O–H groups in total. The van der Waals surface area contributed by atoms with Crippen LogP contribution in [-0.4, -0.2) is 31.1 Å². The van der Waals surface area contributed by atoms with E-state index in [0.29, 0.717) is 0 Å². The van der Waals surface area contributed by atoms with Crippen molar-refractivity contribution in [2.45, 2.75) is 38.8 Å². The van der Waals surface area contributed by atoms with Gasteiger partial charge >= 0.3 is 0 Å². The molecule has 1 aliphatic rings. The minimum absolute atomic E-state index is 0.865. The third-order valence-corrected chi connectivity index (χ3v) is 3.54. The van der Waals surface area contributed by atoms with Gasteiger partial charge in [0.15, 0.2) is 0 Å². The van der Waals surface area contributed by atoms with E-state index in [2.05, 4.69) is 41.4 Å². The van der Waals surface area contributed by atoms with E-state index in [0.717, 1.165) is 25.6 Å². The maximum Gasteiger partial charge on any atom is 0.0236 e. The molecule has 0 radical (unpaired) electrons. The van der Waals surface area contributed by atoms with Gasteiger partial charge in [-0.25, -0.2) is 0 Å². The van der Waals surface area contributed by atoms with Crippen molar-refractivity contribution in [3.63, 3.8) is 0 Å². The molecule has 2 heteroatoms. The molecule has 0 atom stereocenters. The summed E-state index contributed by atoms with van der Waals surface area (Å²) in [6.45, 7) is 5.61. The summed E-state index contributed by atoms with van der Waals surface area (Å²) in [5.41, 5.74) is 2.88. The van der Waals surface area contributed by atoms with Gasteiger partial charge in [0, 0.05) is 12.6 Å². The van der Waals surface area contributed by atoms with Crippen LogP contribution in [0, 0.1) is 0 Å². The number of hydrogen-bond acceptors (Lipinski definition) is 2. The van der Waals surface area contributed by atoms with E-state index in [1.807, 2.05) is 7.05 Å². The van der Waals surface area contributed by atoms with Crippen molar-refractivity contribution in [3.05, 3.63) is 35.4 Å². The van der Waals surface area contributed by atoms with Gasteiger partial charge in [-0.15, -0.1) is 0 Å². The van der Waals surface area contributed by atoms with Crippen molar-refractivity contribution in [2.75, 3.05) is 20.1 Å². The van der Waals surface area contributed by atoms with Crippen LogP contribution in [0.1, 0.15) is 30.9 Å². The zero-order valence-corrected chi connectivity index (χ0v) is 11.1. The molecule has 0 heterocycles. The Morgan fingerprint density at radius 1 is 1.18 bits per heavy atom. The molecular weight excluding hydrogens is 208 g/mol. The molecule has 0 saturated heterocycles. The predicted molar refractivity (Wildman–Crippen MR) is 73.2 cm³/mol. The second-order valence-corrected chi connectivity index (χ2v) is 4.96. The molecule has 1 saturated carbocycles. The molecular formula is C15H24N2. The van der Waals surface area contributed by atoms with Crippen molar-refractivity contribution in [1.82, 2.24) is 10.2 Å². The fourth-order valence-corrected chi connectivity index (χ4v) is 2.25. The summed E-state index contributed by atoms with van der Waals surface area (Å²) in [6, 6.07) is 9.98. The number of likely N-dealkylation sites (N-methyl/N-ethyl adjacent to an activating group) is 1. The molecule has 1 aromatic rings. The Morgan fingerprint density at radius 2 is 1.82 bits per heavy atom. The van der Waals surface area contributed by atoms with Crippen LogP contribution in [0.4, 0.5) is 0 Å². The third-order valence-electron chi connectivity index (χ3n) is 3.54. The van der Waals surface area contributed by atoms with Crippen LogP contribution < -0.4 is 5.32 Å². The van der Waals surface area contributed by atoms with Crippen LogP contribution in [0.15, 0.2) is 24.3 Å². The van der Waals surface area contributed by atoms with E-state index in [1.165, 1.54) is 30.5 Å². The molecule has 94 valence electrons. The lowest BCUT2D eigenvalue weighted by Crippen LogP contribution is -2.24. The summed E-state index contributed by atoms with van der Waals surface area (Å²) in [5, 5.41) is 3.19. The first-order chi connectivity index (χ1) is 8.33. The van der Waals surface area contributed by atoms with E-state index >= 15 is 0 Å². The first-order valence-corrected chi connectivity index (χ1v) is 6.80. The SMILES string of the molecule is CCN(Cc1ccc(CCNC)cc1)C1CC1. The summed E-state index contributed by atoms with van der Waals surface area (Å²) in [5.74, 6) is 0. The van der Waals surface area contributed by atoms with Crippen LogP contribution in [0.25, 0.3) is 0 Å². The van der Waals surface area contributed by atoms with Gasteiger partial charge in [-0.3, -0.25) is 4.90 Å². The molecule has 1 aliphatic carbocycles. The van der Waals surface area contributed by atoms with Crippen LogP contribution in [0.3, 0.4) is 0 Å². The summed E-state index contributed by atoms with van der Waals surface area (Å²) in [6.07, 6.45) is 3.92. The van der Waals surface area contributed by atoms with Crippen molar-refractivity contribution in [1.29, 1.82) is 0 Å². The smallest absolute Gasteiger partial charge is 0.0236 e. The molecule has 1 fully saturated rings.